The van der Waals surface area contributed by atoms with Gasteiger partial charge in [-0.3, -0.25) is 9.69 Å². The van der Waals surface area contributed by atoms with E-state index in [9.17, 15) is 4.79 Å². The number of thiophene rings is 1. The highest BCUT2D eigenvalue weighted by atomic mass is 32.1. The largest absolute Gasteiger partial charge is 0.485 e. The summed E-state index contributed by atoms with van der Waals surface area (Å²) in [6.45, 7) is 6.84. The molecule has 1 aliphatic carbocycles. The molecule has 24 heavy (non-hydrogen) atoms. The third-order valence-electron chi connectivity index (χ3n) is 4.83. The van der Waals surface area contributed by atoms with Crippen molar-refractivity contribution in [3.8, 4) is 0 Å². The van der Waals surface area contributed by atoms with E-state index >= 15 is 0 Å². The van der Waals surface area contributed by atoms with E-state index < -0.39 is 0 Å². The summed E-state index contributed by atoms with van der Waals surface area (Å²) in [5, 5.41) is 3.96. The zero-order valence-electron chi connectivity index (χ0n) is 14.1. The number of allylic oxidation sites excluding steroid dienone is 2. The van der Waals surface area contributed by atoms with E-state index in [1.807, 2.05) is 0 Å². The lowest BCUT2D eigenvalue weighted by Gasteiger charge is -2.25. The van der Waals surface area contributed by atoms with Crippen molar-refractivity contribution < 1.29 is 9.53 Å². The van der Waals surface area contributed by atoms with Gasteiger partial charge in [0, 0.05) is 31.3 Å². The molecule has 1 atom stereocenters. The molecule has 1 aromatic heterocycles. The van der Waals surface area contributed by atoms with Gasteiger partial charge >= 0.3 is 0 Å². The normalized spacial score (nSPS) is 22.3. The molecule has 0 aromatic carbocycles. The van der Waals surface area contributed by atoms with Crippen LogP contribution in [0.3, 0.4) is 0 Å². The molecular formula is C19H22N2O2S. The van der Waals surface area contributed by atoms with Crippen molar-refractivity contribution in [3.63, 3.8) is 0 Å². The average Bonchev–Trinajstić information content (AvgIpc) is 3.13. The standard InChI is InChI=1S/C19H22N2O2S/c1-3-21-9-8-14-17(11-21)24-19(20-12(2)22)18(14)16-10-13-6-4-5-7-15(13)23-16/h4-6,10,15H,3,7-9,11H2,1-2H3,(H,20,22). The Balaban J connectivity index is 1.75. The lowest BCUT2D eigenvalue weighted by atomic mass is 10.00. The molecule has 3 heterocycles. The number of ether oxygens (including phenoxy) is 1. The maximum atomic E-state index is 11.7. The van der Waals surface area contributed by atoms with Gasteiger partial charge < -0.3 is 10.1 Å². The number of carbonyl (C=O) groups excluding carboxylic acids is 1. The third kappa shape index (κ3) is 2.72. The molecular weight excluding hydrogens is 320 g/mol. The Kier molecular flexibility index (Phi) is 4.06. The average molecular weight is 342 g/mol. The van der Waals surface area contributed by atoms with Gasteiger partial charge in [-0.1, -0.05) is 25.2 Å². The molecule has 1 N–H and O–H groups in total. The van der Waals surface area contributed by atoms with Crippen LogP contribution < -0.4 is 5.32 Å². The van der Waals surface area contributed by atoms with Crippen LogP contribution in [-0.2, 0) is 22.5 Å². The number of anilines is 1. The molecule has 1 amide bonds. The summed E-state index contributed by atoms with van der Waals surface area (Å²) in [4.78, 5) is 15.5. The summed E-state index contributed by atoms with van der Waals surface area (Å²) in [5.74, 6) is 0.889. The molecule has 3 aliphatic rings. The quantitative estimate of drug-likeness (QED) is 0.910. The van der Waals surface area contributed by atoms with Crippen molar-refractivity contribution in [1.82, 2.24) is 4.90 Å². The van der Waals surface area contributed by atoms with E-state index in [0.717, 1.165) is 48.8 Å². The van der Waals surface area contributed by atoms with Gasteiger partial charge in [0.2, 0.25) is 5.91 Å². The van der Waals surface area contributed by atoms with Crippen LogP contribution in [0.2, 0.25) is 0 Å². The Labute approximate surface area is 146 Å². The minimum atomic E-state index is -0.0286. The second-order valence-corrected chi connectivity index (χ2v) is 7.56. The molecule has 0 radical (unpaired) electrons. The molecule has 0 spiro atoms. The maximum absolute atomic E-state index is 11.7. The summed E-state index contributed by atoms with van der Waals surface area (Å²) in [6.07, 6.45) is 10.5. The number of nitrogens with zero attached hydrogens (tertiary/aromatic N) is 1. The second kappa shape index (κ2) is 6.22. The first kappa shape index (κ1) is 15.7. The lowest BCUT2D eigenvalue weighted by molar-refractivity contribution is -0.114. The van der Waals surface area contributed by atoms with Crippen molar-refractivity contribution in [2.24, 2.45) is 0 Å². The number of likely N-dealkylation sites (N-methyl/N-ethyl adjacent to an activating group) is 1. The molecule has 4 nitrogen and oxygen atoms in total. The number of hydrogen-bond acceptors (Lipinski definition) is 4. The van der Waals surface area contributed by atoms with Gasteiger partial charge in [-0.2, -0.15) is 0 Å². The van der Waals surface area contributed by atoms with Gasteiger partial charge in [-0.25, -0.2) is 0 Å². The highest BCUT2D eigenvalue weighted by Gasteiger charge is 2.31. The van der Waals surface area contributed by atoms with E-state index in [-0.39, 0.29) is 12.0 Å². The van der Waals surface area contributed by atoms with Crippen molar-refractivity contribution in [3.05, 3.63) is 45.9 Å². The Morgan fingerprint density at radius 2 is 2.38 bits per heavy atom. The number of nitrogens with one attached hydrogen (secondary N) is 1. The smallest absolute Gasteiger partial charge is 0.221 e. The van der Waals surface area contributed by atoms with Gasteiger partial charge in [0.15, 0.2) is 0 Å². The minimum absolute atomic E-state index is 0.0286. The molecule has 1 aromatic rings. The van der Waals surface area contributed by atoms with Crippen molar-refractivity contribution >= 4 is 28.0 Å². The highest BCUT2D eigenvalue weighted by molar-refractivity contribution is 7.16. The molecule has 2 aliphatic heterocycles. The van der Waals surface area contributed by atoms with Crippen LogP contribution in [-0.4, -0.2) is 30.0 Å². The number of rotatable bonds is 3. The fourth-order valence-electron chi connectivity index (χ4n) is 3.59. The maximum Gasteiger partial charge on any atom is 0.221 e. The Bertz CT molecular complexity index is 773. The lowest BCUT2D eigenvalue weighted by Crippen LogP contribution is -2.29. The predicted molar refractivity (Wildman–Crippen MR) is 98.0 cm³/mol. The molecule has 126 valence electrons. The summed E-state index contributed by atoms with van der Waals surface area (Å²) in [6, 6.07) is 0. The van der Waals surface area contributed by atoms with Gasteiger partial charge in [-0.15, -0.1) is 11.3 Å². The topological polar surface area (TPSA) is 41.6 Å². The van der Waals surface area contributed by atoms with E-state index in [1.165, 1.54) is 16.0 Å². The molecule has 1 unspecified atom stereocenters. The third-order valence-corrected chi connectivity index (χ3v) is 5.97. The van der Waals surface area contributed by atoms with Crippen molar-refractivity contribution in [2.75, 3.05) is 18.4 Å². The minimum Gasteiger partial charge on any atom is -0.485 e. The zero-order valence-corrected chi connectivity index (χ0v) is 14.9. The fourth-order valence-corrected chi connectivity index (χ4v) is 4.93. The Hall–Kier alpha value is -1.85. The Morgan fingerprint density at radius 1 is 1.50 bits per heavy atom. The molecule has 5 heteroatoms. The van der Waals surface area contributed by atoms with Crippen molar-refractivity contribution in [2.45, 2.75) is 39.3 Å². The van der Waals surface area contributed by atoms with Gasteiger partial charge in [0.25, 0.3) is 0 Å². The summed E-state index contributed by atoms with van der Waals surface area (Å²) in [7, 11) is 0. The highest BCUT2D eigenvalue weighted by Crippen LogP contribution is 2.45. The first-order valence-electron chi connectivity index (χ1n) is 8.55. The molecule has 4 rings (SSSR count). The summed E-state index contributed by atoms with van der Waals surface area (Å²) < 4.78 is 6.23. The van der Waals surface area contributed by atoms with Crippen molar-refractivity contribution in [1.29, 1.82) is 0 Å². The first-order valence-corrected chi connectivity index (χ1v) is 9.37. The molecule has 0 saturated heterocycles. The molecule has 0 fully saturated rings. The monoisotopic (exact) mass is 342 g/mol. The summed E-state index contributed by atoms with van der Waals surface area (Å²) >= 11 is 1.70. The zero-order chi connectivity index (χ0) is 16.7. The van der Waals surface area contributed by atoms with Crippen LogP contribution in [0, 0.1) is 0 Å². The fraction of sp³-hybridized carbons (Fsp3) is 0.421. The Morgan fingerprint density at radius 3 is 3.12 bits per heavy atom. The number of hydrogen-bond donors (Lipinski definition) is 1. The van der Waals surface area contributed by atoms with Crippen LogP contribution in [0.15, 0.2) is 29.9 Å². The van der Waals surface area contributed by atoms with Crippen LogP contribution in [0.25, 0.3) is 5.76 Å². The van der Waals surface area contributed by atoms with Crippen LogP contribution in [0.4, 0.5) is 5.00 Å². The van der Waals surface area contributed by atoms with E-state index in [4.69, 9.17) is 4.74 Å². The van der Waals surface area contributed by atoms with E-state index in [2.05, 4.69) is 41.4 Å². The van der Waals surface area contributed by atoms with E-state index in [0.29, 0.717) is 0 Å². The number of amides is 1. The predicted octanol–water partition coefficient (Wildman–Crippen LogP) is 3.71. The first-order chi connectivity index (χ1) is 11.7. The number of carbonyl (C=O) groups is 1. The number of fused-ring (bicyclic) bond motifs is 2. The van der Waals surface area contributed by atoms with Gasteiger partial charge in [0.1, 0.15) is 16.9 Å². The van der Waals surface area contributed by atoms with Crippen LogP contribution in [0.5, 0.6) is 0 Å². The van der Waals surface area contributed by atoms with Gasteiger partial charge in [-0.05, 0) is 30.2 Å². The summed E-state index contributed by atoms with van der Waals surface area (Å²) in [5.41, 5.74) is 3.69. The van der Waals surface area contributed by atoms with E-state index in [1.54, 1.807) is 18.3 Å². The molecule has 0 bridgehead atoms. The molecule has 0 saturated carbocycles. The SMILES string of the molecule is CCN1CCc2c(sc(NC(C)=O)c2C2=CC3=CC=CCC3O2)C1. The van der Waals surface area contributed by atoms with Gasteiger partial charge in [0.05, 0.1) is 5.56 Å². The second-order valence-electron chi connectivity index (χ2n) is 6.45. The van der Waals surface area contributed by atoms with Crippen LogP contribution in [0.1, 0.15) is 36.3 Å². The van der Waals surface area contributed by atoms with Crippen LogP contribution >= 0.6 is 11.3 Å².